The second-order valence-corrected chi connectivity index (χ2v) is 11.3. The second kappa shape index (κ2) is 14.4. The van der Waals surface area contributed by atoms with E-state index in [1.54, 1.807) is 37.4 Å². The fourth-order valence-electron chi connectivity index (χ4n) is 3.89. The van der Waals surface area contributed by atoms with Gasteiger partial charge in [-0.15, -0.1) is 0 Å². The van der Waals surface area contributed by atoms with Gasteiger partial charge in [-0.2, -0.15) is 11.8 Å². The van der Waals surface area contributed by atoms with Gasteiger partial charge in [-0.25, -0.2) is 4.79 Å². The molecular formula is C27H45N3O4S. The van der Waals surface area contributed by atoms with Crippen LogP contribution >= 0.6 is 11.8 Å². The standard InChI is InChI=1S/C27H45N3O4S/c1-10-11-13-28-24(31)23(21-16-19(4)15-20(5)17-21)30(18(2)3)25(32)22(12-14-35-9)29-26(33)34-27(6,7)8/h15-18,22-23H,10-14H2,1-9H3,(H,28,31)(H,29,33). The van der Waals surface area contributed by atoms with Crippen molar-refractivity contribution in [3.8, 4) is 0 Å². The number of rotatable bonds is 12. The number of aryl methyl sites for hydroxylation is 2. The van der Waals surface area contributed by atoms with Crippen LogP contribution < -0.4 is 10.6 Å². The maximum Gasteiger partial charge on any atom is 0.408 e. The SMILES string of the molecule is CCCCNC(=O)C(c1cc(C)cc(C)c1)N(C(=O)C(CCSC)NC(=O)OC(C)(C)C)C(C)C. The number of hydrogen-bond acceptors (Lipinski definition) is 5. The Hall–Kier alpha value is -2.22. The monoisotopic (exact) mass is 507 g/mol. The normalized spacial score (nSPS) is 13.2. The van der Waals surface area contributed by atoms with Crippen LogP contribution in [0.5, 0.6) is 0 Å². The highest BCUT2D eigenvalue weighted by molar-refractivity contribution is 7.98. The van der Waals surface area contributed by atoms with Gasteiger partial charge in [-0.1, -0.05) is 42.7 Å². The van der Waals surface area contributed by atoms with Crippen molar-refractivity contribution in [2.75, 3.05) is 18.6 Å². The molecule has 0 bridgehead atoms. The highest BCUT2D eigenvalue weighted by Crippen LogP contribution is 2.27. The van der Waals surface area contributed by atoms with E-state index in [9.17, 15) is 14.4 Å². The van der Waals surface area contributed by atoms with Gasteiger partial charge in [0.2, 0.25) is 11.8 Å². The van der Waals surface area contributed by atoms with Gasteiger partial charge in [0.25, 0.3) is 0 Å². The van der Waals surface area contributed by atoms with Gasteiger partial charge in [-0.05, 0) is 78.9 Å². The lowest BCUT2D eigenvalue weighted by molar-refractivity contribution is -0.144. The molecule has 0 radical (unpaired) electrons. The number of benzene rings is 1. The number of nitrogens with zero attached hydrogens (tertiary/aromatic N) is 1. The van der Waals surface area contributed by atoms with Gasteiger partial charge in [0.05, 0.1) is 0 Å². The van der Waals surface area contributed by atoms with Crippen molar-refractivity contribution in [3.05, 3.63) is 34.9 Å². The maximum absolute atomic E-state index is 14.0. The molecule has 0 spiro atoms. The van der Waals surface area contributed by atoms with E-state index in [1.165, 1.54) is 0 Å². The molecule has 1 aromatic rings. The van der Waals surface area contributed by atoms with Crippen molar-refractivity contribution >= 4 is 29.7 Å². The molecule has 0 aromatic heterocycles. The third-order valence-corrected chi connectivity index (χ3v) is 5.97. The first-order valence-corrected chi connectivity index (χ1v) is 13.9. The van der Waals surface area contributed by atoms with E-state index in [2.05, 4.69) is 17.6 Å². The van der Waals surface area contributed by atoms with Crippen LogP contribution in [0.15, 0.2) is 18.2 Å². The van der Waals surface area contributed by atoms with Gasteiger partial charge in [0.1, 0.15) is 17.7 Å². The third-order valence-electron chi connectivity index (χ3n) is 5.33. The van der Waals surface area contributed by atoms with E-state index in [0.717, 1.165) is 29.5 Å². The Morgan fingerprint density at radius 1 is 1.09 bits per heavy atom. The van der Waals surface area contributed by atoms with E-state index in [-0.39, 0.29) is 17.9 Å². The van der Waals surface area contributed by atoms with E-state index in [1.807, 2.05) is 52.1 Å². The first-order valence-electron chi connectivity index (χ1n) is 12.5. The number of hydrogen-bond donors (Lipinski definition) is 2. The minimum atomic E-state index is -0.810. The number of nitrogens with one attached hydrogen (secondary N) is 2. The Balaban J connectivity index is 3.44. The highest BCUT2D eigenvalue weighted by Gasteiger charge is 2.37. The van der Waals surface area contributed by atoms with Gasteiger partial charge >= 0.3 is 6.09 Å². The third kappa shape index (κ3) is 10.5. The summed E-state index contributed by atoms with van der Waals surface area (Å²) >= 11 is 1.59. The van der Waals surface area contributed by atoms with E-state index < -0.39 is 23.8 Å². The molecule has 198 valence electrons. The van der Waals surface area contributed by atoms with Crippen LogP contribution in [0, 0.1) is 13.8 Å². The van der Waals surface area contributed by atoms with Crippen molar-refractivity contribution in [3.63, 3.8) is 0 Å². The summed E-state index contributed by atoms with van der Waals surface area (Å²) in [4.78, 5) is 41.7. The molecule has 2 unspecified atom stereocenters. The first-order chi connectivity index (χ1) is 16.3. The summed E-state index contributed by atoms with van der Waals surface area (Å²) in [5.74, 6) is 0.163. The maximum atomic E-state index is 14.0. The molecule has 0 aliphatic heterocycles. The zero-order valence-electron chi connectivity index (χ0n) is 23.0. The van der Waals surface area contributed by atoms with Gasteiger partial charge in [0.15, 0.2) is 0 Å². The number of ether oxygens (including phenoxy) is 1. The molecule has 0 aliphatic carbocycles. The van der Waals surface area contributed by atoms with Crippen molar-refractivity contribution < 1.29 is 19.1 Å². The van der Waals surface area contributed by atoms with E-state index >= 15 is 0 Å². The minimum Gasteiger partial charge on any atom is -0.444 e. The van der Waals surface area contributed by atoms with Crippen LogP contribution in [0.4, 0.5) is 4.79 Å². The van der Waals surface area contributed by atoms with Crippen LogP contribution in [-0.2, 0) is 14.3 Å². The van der Waals surface area contributed by atoms with E-state index in [4.69, 9.17) is 4.74 Å². The van der Waals surface area contributed by atoms with Gasteiger partial charge in [-0.3, -0.25) is 9.59 Å². The van der Waals surface area contributed by atoms with Crippen LogP contribution in [0.2, 0.25) is 0 Å². The predicted octanol–water partition coefficient (Wildman–Crippen LogP) is 5.14. The Bertz CT molecular complexity index is 831. The summed E-state index contributed by atoms with van der Waals surface area (Å²) < 4.78 is 5.42. The number of amides is 3. The first kappa shape index (κ1) is 30.8. The average molecular weight is 508 g/mol. The van der Waals surface area contributed by atoms with Crippen LogP contribution in [0.1, 0.15) is 83.5 Å². The number of carbonyl (C=O) groups excluding carboxylic acids is 3. The summed E-state index contributed by atoms with van der Waals surface area (Å²) in [5.41, 5.74) is 2.12. The van der Waals surface area contributed by atoms with Crippen LogP contribution in [0.25, 0.3) is 0 Å². The Kier molecular flexibility index (Phi) is 12.6. The highest BCUT2D eigenvalue weighted by atomic mass is 32.2. The topological polar surface area (TPSA) is 87.7 Å². The molecule has 2 N–H and O–H groups in total. The molecule has 7 nitrogen and oxygen atoms in total. The lowest BCUT2D eigenvalue weighted by atomic mass is 9.97. The second-order valence-electron chi connectivity index (χ2n) is 10.3. The van der Waals surface area contributed by atoms with Crippen LogP contribution in [-0.4, -0.2) is 59.0 Å². The molecule has 0 aliphatic rings. The molecule has 8 heteroatoms. The predicted molar refractivity (Wildman–Crippen MR) is 145 cm³/mol. The number of carbonyl (C=O) groups is 3. The largest absolute Gasteiger partial charge is 0.444 e. The lowest BCUT2D eigenvalue weighted by Gasteiger charge is -2.37. The molecule has 0 heterocycles. The molecular weight excluding hydrogens is 462 g/mol. The molecule has 1 rings (SSSR count). The summed E-state index contributed by atoms with van der Waals surface area (Å²) in [6.45, 7) is 15.7. The molecule has 35 heavy (non-hydrogen) atoms. The zero-order chi connectivity index (χ0) is 26.8. The zero-order valence-corrected chi connectivity index (χ0v) is 23.8. The number of unbranched alkanes of at least 4 members (excludes halogenated alkanes) is 1. The average Bonchev–Trinajstić information content (AvgIpc) is 2.72. The van der Waals surface area contributed by atoms with Crippen molar-refractivity contribution in [1.82, 2.24) is 15.5 Å². The van der Waals surface area contributed by atoms with Crippen molar-refractivity contribution in [1.29, 1.82) is 0 Å². The summed E-state index contributed by atoms with van der Waals surface area (Å²) in [5, 5.41) is 5.78. The fourth-order valence-corrected chi connectivity index (χ4v) is 4.37. The fraction of sp³-hybridized carbons (Fsp3) is 0.667. The summed E-state index contributed by atoms with van der Waals surface area (Å²) in [6.07, 6.45) is 3.56. The summed E-state index contributed by atoms with van der Waals surface area (Å²) in [7, 11) is 0. The Labute approximate surface area is 216 Å². The quantitative estimate of drug-likeness (QED) is 0.382. The Morgan fingerprint density at radius 2 is 1.69 bits per heavy atom. The van der Waals surface area contributed by atoms with E-state index in [0.29, 0.717) is 18.7 Å². The number of thioether (sulfide) groups is 1. The summed E-state index contributed by atoms with van der Waals surface area (Å²) in [6, 6.07) is 4.06. The van der Waals surface area contributed by atoms with Gasteiger partial charge in [0, 0.05) is 12.6 Å². The molecule has 0 fully saturated rings. The van der Waals surface area contributed by atoms with Crippen molar-refractivity contribution in [2.24, 2.45) is 0 Å². The molecule has 1 aromatic carbocycles. The molecule has 0 saturated carbocycles. The minimum absolute atomic E-state index is 0.216. The van der Waals surface area contributed by atoms with Crippen molar-refractivity contribution in [2.45, 2.75) is 98.4 Å². The van der Waals surface area contributed by atoms with Gasteiger partial charge < -0.3 is 20.3 Å². The smallest absolute Gasteiger partial charge is 0.408 e. The lowest BCUT2D eigenvalue weighted by Crippen LogP contribution is -2.55. The van der Waals surface area contributed by atoms with Crippen LogP contribution in [0.3, 0.4) is 0 Å². The molecule has 0 saturated heterocycles. The Morgan fingerprint density at radius 3 is 2.17 bits per heavy atom. The molecule has 3 amide bonds. The molecule has 2 atom stereocenters. The number of alkyl carbamates (subject to hydrolysis) is 1.